The summed E-state index contributed by atoms with van der Waals surface area (Å²) in [5.41, 5.74) is 26.9. The van der Waals surface area contributed by atoms with E-state index >= 15 is 0 Å². The molecular weight excluding hydrogens is 783 g/mol. The van der Waals surface area contributed by atoms with Crippen LogP contribution >= 0.6 is 0 Å². The fraction of sp³-hybridized carbons (Fsp3) is 0.0938. The monoisotopic (exact) mass is 829 g/mol. The van der Waals surface area contributed by atoms with Crippen LogP contribution in [0, 0.1) is 0 Å². The van der Waals surface area contributed by atoms with E-state index in [0.29, 0.717) is 0 Å². The van der Waals surface area contributed by atoms with Crippen molar-refractivity contribution in [2.75, 3.05) is 4.90 Å². The molecule has 308 valence electrons. The molecule has 0 saturated heterocycles. The predicted molar refractivity (Wildman–Crippen MR) is 272 cm³/mol. The smallest absolute Gasteiger partial charge is 0.0688 e. The summed E-state index contributed by atoms with van der Waals surface area (Å²) in [6, 6.07) is 79.5. The average Bonchev–Trinajstić information content (AvgIpc) is 3.93. The van der Waals surface area contributed by atoms with Crippen LogP contribution in [-0.2, 0) is 10.8 Å². The van der Waals surface area contributed by atoms with E-state index in [9.17, 15) is 0 Å². The SMILES string of the molecule is CC1(C)c2ccccc2-c2ccc(N(c3ccc(-c4cccc5c4-c4ccccc4C54C5=C(C=CCC5)c5ccccc54)cc3)c3cc(-c4ccccc4)cc(-c4ccccc4)c3)cc21. The normalized spacial score (nSPS) is 16.7. The molecule has 9 aromatic carbocycles. The van der Waals surface area contributed by atoms with Crippen molar-refractivity contribution in [3.63, 3.8) is 0 Å². The van der Waals surface area contributed by atoms with Gasteiger partial charge in [0.2, 0.25) is 0 Å². The molecule has 0 bridgehead atoms. The third-order valence-corrected chi connectivity index (χ3v) is 15.0. The third kappa shape index (κ3) is 5.52. The Morgan fingerprint density at radius 1 is 0.369 bits per heavy atom. The molecule has 1 spiro atoms. The van der Waals surface area contributed by atoms with Crippen molar-refractivity contribution in [1.29, 1.82) is 0 Å². The second-order valence-electron chi connectivity index (χ2n) is 18.7. The maximum Gasteiger partial charge on any atom is 0.0688 e. The van der Waals surface area contributed by atoms with Crippen LogP contribution in [0.5, 0.6) is 0 Å². The van der Waals surface area contributed by atoms with Gasteiger partial charge in [-0.25, -0.2) is 0 Å². The van der Waals surface area contributed by atoms with Gasteiger partial charge in [0.25, 0.3) is 0 Å². The van der Waals surface area contributed by atoms with E-state index in [4.69, 9.17) is 0 Å². The summed E-state index contributed by atoms with van der Waals surface area (Å²) in [5, 5.41) is 0. The van der Waals surface area contributed by atoms with Crippen LogP contribution in [0.4, 0.5) is 17.1 Å². The van der Waals surface area contributed by atoms with Gasteiger partial charge in [-0.3, -0.25) is 0 Å². The minimum atomic E-state index is -0.295. The largest absolute Gasteiger partial charge is 0.310 e. The predicted octanol–water partition coefficient (Wildman–Crippen LogP) is 16.9. The summed E-state index contributed by atoms with van der Waals surface area (Å²) in [4.78, 5) is 2.47. The topological polar surface area (TPSA) is 3.24 Å². The molecule has 1 heteroatoms. The Morgan fingerprint density at radius 3 is 1.63 bits per heavy atom. The highest BCUT2D eigenvalue weighted by Crippen LogP contribution is 2.64. The van der Waals surface area contributed by atoms with Gasteiger partial charge in [-0.05, 0) is 155 Å². The molecule has 0 aliphatic heterocycles. The zero-order chi connectivity index (χ0) is 43.3. The number of hydrogen-bond donors (Lipinski definition) is 0. The van der Waals surface area contributed by atoms with Gasteiger partial charge >= 0.3 is 0 Å². The molecule has 0 fully saturated rings. The summed E-state index contributed by atoms with van der Waals surface area (Å²) in [6.07, 6.45) is 6.88. The molecule has 65 heavy (non-hydrogen) atoms. The van der Waals surface area contributed by atoms with Crippen molar-refractivity contribution < 1.29 is 0 Å². The van der Waals surface area contributed by atoms with Gasteiger partial charge in [-0.15, -0.1) is 0 Å². The highest BCUT2D eigenvalue weighted by Gasteiger charge is 2.53. The quantitative estimate of drug-likeness (QED) is 0.161. The van der Waals surface area contributed by atoms with Crippen molar-refractivity contribution in [3.8, 4) is 55.6 Å². The molecule has 0 N–H and O–H groups in total. The molecule has 0 heterocycles. The fourth-order valence-electron chi connectivity index (χ4n) is 12.1. The minimum Gasteiger partial charge on any atom is -0.310 e. The third-order valence-electron chi connectivity index (χ3n) is 15.0. The number of anilines is 3. The Labute approximate surface area is 382 Å². The van der Waals surface area contributed by atoms with Crippen molar-refractivity contribution in [2.24, 2.45) is 0 Å². The zero-order valence-corrected chi connectivity index (χ0v) is 36.7. The first-order valence-electron chi connectivity index (χ1n) is 23.1. The maximum atomic E-state index is 2.47. The Morgan fingerprint density at radius 2 is 0.923 bits per heavy atom. The average molecular weight is 830 g/mol. The van der Waals surface area contributed by atoms with Crippen molar-refractivity contribution in [1.82, 2.24) is 0 Å². The Hall–Kier alpha value is -7.74. The Balaban J connectivity index is 0.996. The van der Waals surface area contributed by atoms with Crippen LogP contribution < -0.4 is 4.90 Å². The van der Waals surface area contributed by atoms with Crippen LogP contribution in [0.3, 0.4) is 0 Å². The van der Waals surface area contributed by atoms with Crippen molar-refractivity contribution in [2.45, 2.75) is 37.5 Å². The Bertz CT molecular complexity index is 3380. The van der Waals surface area contributed by atoms with E-state index < -0.39 is 0 Å². The van der Waals surface area contributed by atoms with Crippen LogP contribution in [0.15, 0.2) is 230 Å². The van der Waals surface area contributed by atoms with Gasteiger partial charge in [0.05, 0.1) is 5.41 Å². The van der Waals surface area contributed by atoms with Gasteiger partial charge in [-0.1, -0.05) is 196 Å². The van der Waals surface area contributed by atoms with E-state index in [2.05, 4.69) is 243 Å². The molecule has 1 nitrogen and oxygen atoms in total. The molecule has 13 rings (SSSR count). The lowest BCUT2D eigenvalue weighted by Crippen LogP contribution is -2.27. The van der Waals surface area contributed by atoms with Crippen LogP contribution in [0.2, 0.25) is 0 Å². The van der Waals surface area contributed by atoms with E-state index in [0.717, 1.165) is 29.9 Å². The second-order valence-corrected chi connectivity index (χ2v) is 18.7. The molecule has 0 aromatic heterocycles. The molecule has 0 amide bonds. The molecule has 4 aliphatic rings. The summed E-state index contributed by atoms with van der Waals surface area (Å²) in [5.74, 6) is 0. The van der Waals surface area contributed by atoms with Gasteiger partial charge in [-0.2, -0.15) is 0 Å². The number of allylic oxidation sites excluding steroid dienone is 4. The number of hydrogen-bond acceptors (Lipinski definition) is 1. The van der Waals surface area contributed by atoms with Gasteiger partial charge in [0.1, 0.15) is 0 Å². The van der Waals surface area contributed by atoms with E-state index in [1.54, 1.807) is 5.57 Å². The molecule has 0 radical (unpaired) electrons. The first-order chi connectivity index (χ1) is 32.0. The highest BCUT2D eigenvalue weighted by molar-refractivity contribution is 6.01. The fourth-order valence-corrected chi connectivity index (χ4v) is 12.1. The maximum absolute atomic E-state index is 2.47. The zero-order valence-electron chi connectivity index (χ0n) is 36.7. The van der Waals surface area contributed by atoms with E-state index in [1.165, 1.54) is 94.6 Å². The number of fused-ring (bicyclic) bond motifs is 12. The second kappa shape index (κ2) is 14.4. The summed E-state index contributed by atoms with van der Waals surface area (Å²) < 4.78 is 0. The van der Waals surface area contributed by atoms with Crippen molar-refractivity contribution >= 4 is 22.6 Å². The lowest BCUT2D eigenvalue weighted by atomic mass is 9.68. The Kier molecular flexibility index (Phi) is 8.37. The number of nitrogens with zero attached hydrogens (tertiary/aromatic N) is 1. The lowest BCUT2D eigenvalue weighted by molar-refractivity contribution is 0.660. The first-order valence-corrected chi connectivity index (χ1v) is 23.1. The van der Waals surface area contributed by atoms with Gasteiger partial charge in [0.15, 0.2) is 0 Å². The molecule has 4 aliphatic carbocycles. The summed E-state index contributed by atoms with van der Waals surface area (Å²) >= 11 is 0. The van der Waals surface area contributed by atoms with E-state index in [1.807, 2.05) is 0 Å². The first kappa shape index (κ1) is 37.8. The molecular formula is C64H47N. The summed E-state index contributed by atoms with van der Waals surface area (Å²) in [6.45, 7) is 4.74. The summed E-state index contributed by atoms with van der Waals surface area (Å²) in [7, 11) is 0. The molecule has 1 atom stereocenters. The number of rotatable bonds is 6. The van der Waals surface area contributed by atoms with Gasteiger partial charge in [0, 0.05) is 22.5 Å². The van der Waals surface area contributed by atoms with E-state index in [-0.39, 0.29) is 10.8 Å². The van der Waals surface area contributed by atoms with Crippen LogP contribution in [0.25, 0.3) is 61.2 Å². The standard InChI is InChI=1S/C64H47N/c1-63(2)56-27-13-9-22-51(56)54-37-36-48(41-61(54)63)65(49-39-45(42-18-5-3-6-19-42)38-46(40-49)43-20-7-4-8-21-43)47-34-32-44(33-35-47)50-26-17-31-60-62(50)55-25-12-16-30-59(55)64(60)57-28-14-10-23-52(57)53-24-11-15-29-58(53)64/h3-14,16-28,30-41H,15,29H2,1-2H3. The molecule has 1 unspecified atom stereocenters. The lowest BCUT2D eigenvalue weighted by Gasteiger charge is -2.33. The van der Waals surface area contributed by atoms with Crippen LogP contribution in [-0.4, -0.2) is 0 Å². The van der Waals surface area contributed by atoms with Crippen molar-refractivity contribution in [3.05, 3.63) is 263 Å². The molecule has 0 saturated carbocycles. The number of benzene rings is 9. The minimum absolute atomic E-state index is 0.134. The highest BCUT2D eigenvalue weighted by atomic mass is 15.1. The van der Waals surface area contributed by atoms with Gasteiger partial charge < -0.3 is 4.90 Å². The molecule has 9 aromatic rings. The van der Waals surface area contributed by atoms with Crippen LogP contribution in [0.1, 0.15) is 60.1 Å².